The van der Waals surface area contributed by atoms with Crippen molar-refractivity contribution in [1.29, 1.82) is 0 Å². The molecule has 0 aliphatic heterocycles. The maximum Gasteiger partial charge on any atom is 0.239 e. The monoisotopic (exact) mass is 370 g/mol. The van der Waals surface area contributed by atoms with Crippen LogP contribution in [0.3, 0.4) is 0 Å². The molecular weight excluding hydrogens is 344 g/mol. The van der Waals surface area contributed by atoms with Crippen molar-refractivity contribution < 1.29 is 19.1 Å². The lowest BCUT2D eigenvalue weighted by Crippen LogP contribution is -2.39. The van der Waals surface area contributed by atoms with Crippen LogP contribution in [0.25, 0.3) is 0 Å². The fraction of sp³-hybridized carbons (Fsp3) is 0.333. The van der Waals surface area contributed by atoms with Crippen LogP contribution in [0.2, 0.25) is 0 Å². The second-order valence-electron chi connectivity index (χ2n) is 6.17. The number of amides is 2. The maximum absolute atomic E-state index is 12.2. The first-order valence-corrected chi connectivity index (χ1v) is 8.80. The summed E-state index contributed by atoms with van der Waals surface area (Å²) in [6.45, 7) is 2.39. The van der Waals surface area contributed by atoms with Gasteiger partial charge in [0.25, 0.3) is 0 Å². The van der Waals surface area contributed by atoms with E-state index in [4.69, 9.17) is 9.47 Å². The van der Waals surface area contributed by atoms with Gasteiger partial charge in [0.15, 0.2) is 0 Å². The summed E-state index contributed by atoms with van der Waals surface area (Å²) in [6.07, 6.45) is 0.717. The molecule has 0 radical (unpaired) electrons. The van der Waals surface area contributed by atoms with E-state index in [2.05, 4.69) is 5.32 Å². The highest BCUT2D eigenvalue weighted by Gasteiger charge is 2.14. The Morgan fingerprint density at radius 2 is 1.41 bits per heavy atom. The zero-order chi connectivity index (χ0) is 19.6. The van der Waals surface area contributed by atoms with Crippen molar-refractivity contribution in [3.05, 3.63) is 59.7 Å². The van der Waals surface area contributed by atoms with Crippen molar-refractivity contribution >= 4 is 11.8 Å². The van der Waals surface area contributed by atoms with Crippen LogP contribution in [0.4, 0.5) is 0 Å². The zero-order valence-corrected chi connectivity index (χ0v) is 16.0. The van der Waals surface area contributed by atoms with Gasteiger partial charge in [0.2, 0.25) is 11.8 Å². The Morgan fingerprint density at radius 3 is 1.89 bits per heavy atom. The molecule has 0 bridgehead atoms. The van der Waals surface area contributed by atoms with Gasteiger partial charge in [0, 0.05) is 20.0 Å². The van der Waals surface area contributed by atoms with Crippen LogP contribution in [0.1, 0.15) is 18.1 Å². The van der Waals surface area contributed by atoms with Gasteiger partial charge in [-0.15, -0.1) is 0 Å². The lowest BCUT2D eigenvalue weighted by molar-refractivity contribution is -0.134. The topological polar surface area (TPSA) is 67.9 Å². The quantitative estimate of drug-likeness (QED) is 0.736. The van der Waals surface area contributed by atoms with Crippen LogP contribution in [0, 0.1) is 0 Å². The molecule has 0 atom stereocenters. The third-order valence-electron chi connectivity index (χ3n) is 4.21. The lowest BCUT2D eigenvalue weighted by Gasteiger charge is -2.21. The lowest BCUT2D eigenvalue weighted by atomic mass is 10.1. The number of hydrogen-bond donors (Lipinski definition) is 1. The van der Waals surface area contributed by atoms with Crippen LogP contribution in [-0.4, -0.2) is 44.0 Å². The second-order valence-corrected chi connectivity index (χ2v) is 6.17. The van der Waals surface area contributed by atoms with E-state index in [1.54, 1.807) is 14.2 Å². The SMILES string of the molecule is COc1ccc(CCNC(=O)CN(Cc2ccc(OC)cc2)C(C)=O)cc1. The van der Waals surface area contributed by atoms with Crippen molar-refractivity contribution in [2.75, 3.05) is 27.3 Å². The summed E-state index contributed by atoms with van der Waals surface area (Å²) in [6, 6.07) is 15.2. The van der Waals surface area contributed by atoms with Crippen molar-refractivity contribution in [1.82, 2.24) is 10.2 Å². The molecule has 0 heterocycles. The average Bonchev–Trinajstić information content (AvgIpc) is 2.68. The van der Waals surface area contributed by atoms with E-state index in [9.17, 15) is 9.59 Å². The molecule has 6 heteroatoms. The maximum atomic E-state index is 12.2. The third kappa shape index (κ3) is 6.66. The van der Waals surface area contributed by atoms with Gasteiger partial charge in [-0.05, 0) is 41.8 Å². The standard InChI is InChI=1S/C21H26N2O4/c1-16(24)23(14-18-6-10-20(27-3)11-7-18)15-21(25)22-13-12-17-4-8-19(26-2)9-5-17/h4-11H,12-15H2,1-3H3,(H,22,25). The van der Waals surface area contributed by atoms with Crippen molar-refractivity contribution in [2.24, 2.45) is 0 Å². The van der Waals surface area contributed by atoms with E-state index in [0.29, 0.717) is 19.5 Å². The van der Waals surface area contributed by atoms with Crippen molar-refractivity contribution in [2.45, 2.75) is 19.9 Å². The highest BCUT2D eigenvalue weighted by Crippen LogP contribution is 2.13. The molecule has 0 unspecified atom stereocenters. The van der Waals surface area contributed by atoms with E-state index >= 15 is 0 Å². The summed E-state index contributed by atoms with van der Waals surface area (Å²) in [5, 5.41) is 2.87. The minimum Gasteiger partial charge on any atom is -0.497 e. The summed E-state index contributed by atoms with van der Waals surface area (Å²) in [7, 11) is 3.23. The molecule has 144 valence electrons. The molecule has 2 rings (SSSR count). The molecule has 0 aromatic heterocycles. The molecule has 0 aliphatic rings. The summed E-state index contributed by atoms with van der Waals surface area (Å²) in [4.78, 5) is 25.6. The predicted octanol–water partition coefficient (Wildman–Crippen LogP) is 2.41. The molecule has 1 N–H and O–H groups in total. The number of methoxy groups -OCH3 is 2. The molecule has 0 fully saturated rings. The van der Waals surface area contributed by atoms with Gasteiger partial charge in [-0.25, -0.2) is 0 Å². The molecule has 2 aromatic rings. The van der Waals surface area contributed by atoms with E-state index < -0.39 is 0 Å². The first kappa shape index (κ1) is 20.3. The summed E-state index contributed by atoms with van der Waals surface area (Å²) in [5.74, 6) is 1.24. The average molecular weight is 370 g/mol. The van der Waals surface area contributed by atoms with Gasteiger partial charge in [-0.3, -0.25) is 9.59 Å². The normalized spacial score (nSPS) is 10.2. The molecule has 2 amide bonds. The van der Waals surface area contributed by atoms with Gasteiger partial charge < -0.3 is 19.7 Å². The number of nitrogens with zero attached hydrogens (tertiary/aromatic N) is 1. The minimum absolute atomic E-state index is 0.0317. The Morgan fingerprint density at radius 1 is 0.889 bits per heavy atom. The Labute approximate surface area is 160 Å². The van der Waals surface area contributed by atoms with Gasteiger partial charge in [0.1, 0.15) is 11.5 Å². The minimum atomic E-state index is -0.174. The van der Waals surface area contributed by atoms with Gasteiger partial charge >= 0.3 is 0 Å². The third-order valence-corrected chi connectivity index (χ3v) is 4.21. The number of benzene rings is 2. The highest BCUT2D eigenvalue weighted by molar-refractivity contribution is 5.83. The van der Waals surface area contributed by atoms with Gasteiger partial charge in [0.05, 0.1) is 20.8 Å². The number of ether oxygens (including phenoxy) is 2. The summed E-state index contributed by atoms with van der Waals surface area (Å²) >= 11 is 0. The smallest absolute Gasteiger partial charge is 0.239 e. The number of carbonyl (C=O) groups is 2. The number of rotatable bonds is 9. The number of nitrogens with one attached hydrogen (secondary N) is 1. The Balaban J connectivity index is 1.81. The molecular formula is C21H26N2O4. The second kappa shape index (κ2) is 10.2. The molecule has 6 nitrogen and oxygen atoms in total. The largest absolute Gasteiger partial charge is 0.497 e. The summed E-state index contributed by atoms with van der Waals surface area (Å²) in [5.41, 5.74) is 2.05. The van der Waals surface area contributed by atoms with E-state index in [1.165, 1.54) is 11.8 Å². The van der Waals surface area contributed by atoms with E-state index in [1.807, 2.05) is 48.5 Å². The predicted molar refractivity (Wildman–Crippen MR) is 104 cm³/mol. The number of carbonyl (C=O) groups excluding carboxylic acids is 2. The number of hydrogen-bond acceptors (Lipinski definition) is 4. The van der Waals surface area contributed by atoms with E-state index in [0.717, 1.165) is 22.6 Å². The van der Waals surface area contributed by atoms with Crippen LogP contribution in [0.15, 0.2) is 48.5 Å². The molecule has 0 saturated heterocycles. The van der Waals surface area contributed by atoms with Crippen molar-refractivity contribution in [3.63, 3.8) is 0 Å². The van der Waals surface area contributed by atoms with Crippen LogP contribution in [-0.2, 0) is 22.6 Å². The van der Waals surface area contributed by atoms with Gasteiger partial charge in [-0.2, -0.15) is 0 Å². The molecule has 27 heavy (non-hydrogen) atoms. The Hall–Kier alpha value is -3.02. The molecule has 0 aliphatic carbocycles. The zero-order valence-electron chi connectivity index (χ0n) is 16.0. The van der Waals surface area contributed by atoms with Gasteiger partial charge in [-0.1, -0.05) is 24.3 Å². The summed E-state index contributed by atoms with van der Waals surface area (Å²) < 4.78 is 10.3. The highest BCUT2D eigenvalue weighted by atomic mass is 16.5. The Bertz CT molecular complexity index is 742. The molecule has 0 spiro atoms. The molecule has 2 aromatic carbocycles. The van der Waals surface area contributed by atoms with Crippen LogP contribution >= 0.6 is 0 Å². The van der Waals surface area contributed by atoms with E-state index in [-0.39, 0.29) is 18.4 Å². The first-order chi connectivity index (χ1) is 13.0. The Kier molecular flexibility index (Phi) is 7.67. The van der Waals surface area contributed by atoms with Crippen LogP contribution < -0.4 is 14.8 Å². The van der Waals surface area contributed by atoms with Crippen molar-refractivity contribution in [3.8, 4) is 11.5 Å². The fourth-order valence-electron chi connectivity index (χ4n) is 2.60. The fourth-order valence-corrected chi connectivity index (χ4v) is 2.60. The first-order valence-electron chi connectivity index (χ1n) is 8.80. The molecule has 0 saturated carbocycles. The van der Waals surface area contributed by atoms with Crippen LogP contribution in [0.5, 0.6) is 11.5 Å².